The molecular weight excluding hydrogens is 801 g/mol. The first-order valence-corrected chi connectivity index (χ1v) is 22.6. The second-order valence-electron chi connectivity index (χ2n) is 17.1. The van der Waals surface area contributed by atoms with Crippen molar-refractivity contribution in [2.24, 2.45) is 0 Å². The highest BCUT2D eigenvalue weighted by molar-refractivity contribution is 6.15. The van der Waals surface area contributed by atoms with Crippen molar-refractivity contribution in [1.82, 2.24) is 9.13 Å². The Balaban J connectivity index is 1.29. The minimum atomic E-state index is 0.611. The van der Waals surface area contributed by atoms with E-state index < -0.39 is 0 Å². The van der Waals surface area contributed by atoms with Gasteiger partial charge in [0.05, 0.1) is 39.0 Å². The molecule has 0 radical (unpaired) electrons. The van der Waals surface area contributed by atoms with Crippen LogP contribution in [0.15, 0.2) is 231 Å². The third-order valence-electron chi connectivity index (χ3n) is 13.5. The van der Waals surface area contributed by atoms with Gasteiger partial charge >= 0.3 is 0 Å². The summed E-state index contributed by atoms with van der Waals surface area (Å²) < 4.78 is 4.88. The molecule has 0 fully saturated rings. The Bertz CT molecular complexity index is 3590. The Kier molecular flexibility index (Phi) is 8.62. The lowest BCUT2D eigenvalue weighted by atomic mass is 9.83. The SMILES string of the molecule is N#Cc1c(-c2ccccc2)c(-n2c3ccccc3c3ccccc32)c(-c2cccc(N3c4ccccc4Cc4ccccc43)c2)c(-n2c3ccccc3c3ccccc32)c1-c1ccccc1. The van der Waals surface area contributed by atoms with Crippen molar-refractivity contribution in [3.8, 4) is 50.8 Å². The van der Waals surface area contributed by atoms with Crippen LogP contribution in [0.2, 0.25) is 0 Å². The monoisotopic (exact) mass is 840 g/mol. The van der Waals surface area contributed by atoms with E-state index >= 15 is 0 Å². The van der Waals surface area contributed by atoms with Gasteiger partial charge in [-0.05, 0) is 76.3 Å². The standard InChI is InChI=1S/C62H40N4/c63-40-51-58(41-20-3-1-4-21-41)61(65-54-34-15-9-28-47(54)48-29-10-16-35-55(48)65)60(45-26-19-27-46(39-45)64-52-32-13-7-24-43(52)38-44-25-8-14-33-53(44)64)62(59(51)42-22-5-2-6-23-42)66-56-36-17-11-30-49(56)50-31-12-18-37-57(50)66/h1-37,39H,38H2. The summed E-state index contributed by atoms with van der Waals surface area (Å²) in [5.41, 5.74) is 18.5. The third-order valence-corrected chi connectivity index (χ3v) is 13.5. The molecule has 4 nitrogen and oxygen atoms in total. The van der Waals surface area contributed by atoms with Crippen LogP contribution in [0.5, 0.6) is 0 Å². The van der Waals surface area contributed by atoms with Gasteiger partial charge in [0, 0.05) is 61.7 Å². The molecule has 3 heterocycles. The lowest BCUT2D eigenvalue weighted by molar-refractivity contribution is 1.09. The quantitative estimate of drug-likeness (QED) is 0.167. The maximum absolute atomic E-state index is 12.0. The highest BCUT2D eigenvalue weighted by Crippen LogP contribution is 2.53. The maximum atomic E-state index is 12.0. The number of aromatic nitrogens is 2. The number of nitriles is 1. The average Bonchev–Trinajstić information content (AvgIpc) is 3.90. The second-order valence-corrected chi connectivity index (χ2v) is 17.1. The molecule has 0 spiro atoms. The Hall–Kier alpha value is -8.91. The average molecular weight is 841 g/mol. The van der Waals surface area contributed by atoms with Crippen LogP contribution in [-0.2, 0) is 6.42 Å². The largest absolute Gasteiger partial charge is 0.310 e. The van der Waals surface area contributed by atoms with Gasteiger partial charge in [0.25, 0.3) is 0 Å². The Morgan fingerprint density at radius 3 is 1.17 bits per heavy atom. The van der Waals surface area contributed by atoms with Gasteiger partial charge in [-0.3, -0.25) is 0 Å². The van der Waals surface area contributed by atoms with E-state index in [0.717, 1.165) is 100 Å². The molecular formula is C62H40N4. The van der Waals surface area contributed by atoms with E-state index in [1.165, 1.54) is 22.5 Å². The molecule has 0 atom stereocenters. The molecule has 13 rings (SSSR count). The smallest absolute Gasteiger partial charge is 0.101 e. The highest BCUT2D eigenvalue weighted by Gasteiger charge is 2.33. The molecule has 66 heavy (non-hydrogen) atoms. The van der Waals surface area contributed by atoms with Crippen molar-refractivity contribution in [3.05, 3.63) is 247 Å². The number of benzene rings is 10. The van der Waals surface area contributed by atoms with E-state index in [2.05, 4.69) is 251 Å². The van der Waals surface area contributed by atoms with Crippen LogP contribution in [0, 0.1) is 11.3 Å². The Morgan fingerprint density at radius 1 is 0.348 bits per heavy atom. The van der Waals surface area contributed by atoms with Crippen LogP contribution in [0.3, 0.4) is 0 Å². The van der Waals surface area contributed by atoms with E-state index in [9.17, 15) is 5.26 Å². The molecule has 0 unspecified atom stereocenters. The molecule has 1 aliphatic rings. The van der Waals surface area contributed by atoms with Crippen molar-refractivity contribution in [2.75, 3.05) is 4.90 Å². The summed E-state index contributed by atoms with van der Waals surface area (Å²) in [7, 11) is 0. The first-order valence-electron chi connectivity index (χ1n) is 22.6. The van der Waals surface area contributed by atoms with Gasteiger partial charge in [-0.25, -0.2) is 0 Å². The van der Waals surface area contributed by atoms with Crippen molar-refractivity contribution >= 4 is 60.7 Å². The zero-order valence-electron chi connectivity index (χ0n) is 35.9. The van der Waals surface area contributed by atoms with E-state index in [0.29, 0.717) is 5.56 Å². The minimum absolute atomic E-state index is 0.611. The summed E-state index contributed by atoms with van der Waals surface area (Å²) in [6, 6.07) is 85.4. The topological polar surface area (TPSA) is 36.9 Å². The van der Waals surface area contributed by atoms with Gasteiger partial charge in [-0.2, -0.15) is 5.26 Å². The van der Waals surface area contributed by atoms with Crippen LogP contribution >= 0.6 is 0 Å². The molecule has 0 aliphatic carbocycles. The van der Waals surface area contributed by atoms with Gasteiger partial charge in [0.1, 0.15) is 6.07 Å². The summed E-state index contributed by atoms with van der Waals surface area (Å²) in [6.07, 6.45) is 0.870. The molecule has 308 valence electrons. The Labute approximate surface area is 382 Å². The van der Waals surface area contributed by atoms with Crippen molar-refractivity contribution < 1.29 is 0 Å². The van der Waals surface area contributed by atoms with Gasteiger partial charge in [0.2, 0.25) is 0 Å². The zero-order valence-corrected chi connectivity index (χ0v) is 35.9. The van der Waals surface area contributed by atoms with E-state index in [-0.39, 0.29) is 0 Å². The molecule has 10 aromatic carbocycles. The maximum Gasteiger partial charge on any atom is 0.101 e. The minimum Gasteiger partial charge on any atom is -0.310 e. The lowest BCUT2D eigenvalue weighted by Crippen LogP contribution is -2.18. The van der Waals surface area contributed by atoms with Crippen LogP contribution < -0.4 is 4.90 Å². The van der Waals surface area contributed by atoms with Crippen LogP contribution in [0.25, 0.3) is 88.4 Å². The molecule has 0 saturated heterocycles. The number of fused-ring (bicyclic) bond motifs is 8. The fourth-order valence-corrected chi connectivity index (χ4v) is 10.8. The first-order chi connectivity index (χ1) is 32.8. The number of nitrogens with zero attached hydrogens (tertiary/aromatic N) is 4. The van der Waals surface area contributed by atoms with Gasteiger partial charge in [0.15, 0.2) is 0 Å². The molecule has 12 aromatic rings. The molecule has 0 saturated carbocycles. The Morgan fingerprint density at radius 2 is 0.727 bits per heavy atom. The summed E-state index contributed by atoms with van der Waals surface area (Å²) >= 11 is 0. The molecule has 2 aromatic heterocycles. The molecule has 0 amide bonds. The number of para-hydroxylation sites is 6. The normalized spacial score (nSPS) is 12.1. The van der Waals surface area contributed by atoms with Gasteiger partial charge in [-0.1, -0.05) is 182 Å². The lowest BCUT2D eigenvalue weighted by Gasteiger charge is -2.34. The van der Waals surface area contributed by atoms with E-state index in [4.69, 9.17) is 0 Å². The highest BCUT2D eigenvalue weighted by atomic mass is 15.2. The molecule has 1 aliphatic heterocycles. The van der Waals surface area contributed by atoms with E-state index in [1.54, 1.807) is 0 Å². The summed E-state index contributed by atoms with van der Waals surface area (Å²) in [4.78, 5) is 2.43. The van der Waals surface area contributed by atoms with Crippen LogP contribution in [0.4, 0.5) is 17.1 Å². The number of hydrogen-bond acceptors (Lipinski definition) is 2. The third kappa shape index (κ3) is 5.64. The van der Waals surface area contributed by atoms with Gasteiger partial charge in [-0.15, -0.1) is 0 Å². The predicted octanol–water partition coefficient (Wildman–Crippen LogP) is 16.1. The number of hydrogen-bond donors (Lipinski definition) is 0. The number of rotatable bonds is 6. The van der Waals surface area contributed by atoms with Gasteiger partial charge < -0.3 is 14.0 Å². The first kappa shape index (κ1) is 37.6. The predicted molar refractivity (Wildman–Crippen MR) is 274 cm³/mol. The number of anilines is 3. The fraction of sp³-hybridized carbons (Fsp3) is 0.0161. The van der Waals surface area contributed by atoms with Crippen molar-refractivity contribution in [2.45, 2.75) is 6.42 Å². The van der Waals surface area contributed by atoms with Crippen LogP contribution in [-0.4, -0.2) is 9.13 Å². The molecule has 0 N–H and O–H groups in total. The van der Waals surface area contributed by atoms with Crippen molar-refractivity contribution in [3.63, 3.8) is 0 Å². The van der Waals surface area contributed by atoms with E-state index in [1.807, 2.05) is 0 Å². The summed E-state index contributed by atoms with van der Waals surface area (Å²) in [5, 5.41) is 16.6. The summed E-state index contributed by atoms with van der Waals surface area (Å²) in [5.74, 6) is 0. The second kappa shape index (κ2) is 15.1. The fourth-order valence-electron chi connectivity index (χ4n) is 10.8. The summed E-state index contributed by atoms with van der Waals surface area (Å²) in [6.45, 7) is 0. The molecule has 4 heteroatoms. The van der Waals surface area contributed by atoms with Crippen molar-refractivity contribution in [1.29, 1.82) is 5.26 Å². The van der Waals surface area contributed by atoms with Crippen LogP contribution in [0.1, 0.15) is 16.7 Å². The molecule has 0 bridgehead atoms. The zero-order chi connectivity index (χ0) is 43.7.